The summed E-state index contributed by atoms with van der Waals surface area (Å²) in [6, 6.07) is 11.0. The molecule has 3 aromatic rings. The molecule has 1 aromatic heterocycles. The van der Waals surface area contributed by atoms with Gasteiger partial charge >= 0.3 is 0 Å². The number of nitrogens with two attached hydrogens (primary N) is 1. The van der Waals surface area contributed by atoms with Crippen molar-refractivity contribution in [2.24, 2.45) is 0 Å². The Balaban J connectivity index is 2.28. The van der Waals surface area contributed by atoms with Crippen LogP contribution in [0.4, 0.5) is 5.82 Å². The molecule has 3 rings (SSSR count). The van der Waals surface area contributed by atoms with Gasteiger partial charge in [0.15, 0.2) is 5.82 Å². The second-order valence-electron chi connectivity index (χ2n) is 4.51. The Morgan fingerprint density at radius 2 is 1.85 bits per heavy atom. The maximum Gasteiger partial charge on any atom is 0.162 e. The number of hydrogen-bond donors (Lipinski definition) is 1. The van der Waals surface area contributed by atoms with Crippen LogP contribution < -0.4 is 5.73 Å². The Bertz CT molecular complexity index is 816. The summed E-state index contributed by atoms with van der Waals surface area (Å²) < 4.78 is 0. The van der Waals surface area contributed by atoms with Gasteiger partial charge in [0.2, 0.25) is 0 Å². The van der Waals surface area contributed by atoms with Gasteiger partial charge in [-0.2, -0.15) is 0 Å². The number of aromatic nitrogens is 2. The first-order valence-corrected chi connectivity index (χ1v) is 6.80. The number of rotatable bonds is 1. The van der Waals surface area contributed by atoms with E-state index in [0.29, 0.717) is 21.7 Å². The van der Waals surface area contributed by atoms with Crippen molar-refractivity contribution in [3.05, 3.63) is 52.0 Å². The number of anilines is 1. The number of nitrogen functional groups attached to an aromatic ring is 1. The summed E-state index contributed by atoms with van der Waals surface area (Å²) in [5.74, 6) is 0.976. The molecular weight excluding hydrogens is 293 g/mol. The van der Waals surface area contributed by atoms with E-state index in [4.69, 9.17) is 28.9 Å². The highest BCUT2D eigenvalue weighted by Gasteiger charge is 2.11. The molecule has 100 valence electrons. The highest BCUT2D eigenvalue weighted by atomic mass is 35.5. The van der Waals surface area contributed by atoms with Crippen LogP contribution in [0.25, 0.3) is 22.3 Å². The van der Waals surface area contributed by atoms with Gasteiger partial charge < -0.3 is 5.73 Å². The van der Waals surface area contributed by atoms with E-state index < -0.39 is 0 Å². The summed E-state index contributed by atoms with van der Waals surface area (Å²) in [5.41, 5.74) is 8.58. The molecule has 0 atom stereocenters. The zero-order valence-electron chi connectivity index (χ0n) is 10.7. The van der Waals surface area contributed by atoms with Crippen LogP contribution in [-0.4, -0.2) is 9.97 Å². The average molecular weight is 304 g/mol. The van der Waals surface area contributed by atoms with E-state index >= 15 is 0 Å². The molecule has 1 heterocycles. The summed E-state index contributed by atoms with van der Waals surface area (Å²) in [4.78, 5) is 8.90. The van der Waals surface area contributed by atoms with Crippen LogP contribution in [0.15, 0.2) is 36.4 Å². The van der Waals surface area contributed by atoms with Crippen molar-refractivity contribution in [3.63, 3.8) is 0 Å². The van der Waals surface area contributed by atoms with E-state index in [1.165, 1.54) is 0 Å². The van der Waals surface area contributed by atoms with Crippen molar-refractivity contribution < 1.29 is 0 Å². The molecule has 0 saturated heterocycles. The summed E-state index contributed by atoms with van der Waals surface area (Å²) in [6.07, 6.45) is 0. The maximum absolute atomic E-state index is 6.14. The predicted octanol–water partition coefficient (Wildman–Crippen LogP) is 4.49. The van der Waals surface area contributed by atoms with Crippen molar-refractivity contribution in [2.45, 2.75) is 6.92 Å². The standard InChI is InChI=1S/C15H11Cl2N3/c1-8-10(3-2-4-12(8)17)15-19-13-6-5-9(16)7-11(13)14(18)20-15/h2-7H,1H3,(H2,18,19,20). The van der Waals surface area contributed by atoms with Crippen molar-refractivity contribution in [3.8, 4) is 11.4 Å². The number of benzene rings is 2. The number of nitrogens with zero attached hydrogens (tertiary/aromatic N) is 2. The topological polar surface area (TPSA) is 51.8 Å². The summed E-state index contributed by atoms with van der Waals surface area (Å²) in [7, 11) is 0. The lowest BCUT2D eigenvalue weighted by Crippen LogP contribution is -1.99. The van der Waals surface area contributed by atoms with E-state index in [1.807, 2.05) is 31.2 Å². The third-order valence-electron chi connectivity index (χ3n) is 3.20. The molecule has 0 amide bonds. The maximum atomic E-state index is 6.14. The van der Waals surface area contributed by atoms with E-state index in [2.05, 4.69) is 9.97 Å². The summed E-state index contributed by atoms with van der Waals surface area (Å²) >= 11 is 12.1. The first-order valence-electron chi connectivity index (χ1n) is 6.04. The van der Waals surface area contributed by atoms with Gasteiger partial charge in [-0.1, -0.05) is 35.3 Å². The largest absolute Gasteiger partial charge is 0.383 e. The van der Waals surface area contributed by atoms with Crippen LogP contribution in [0.3, 0.4) is 0 Å². The van der Waals surface area contributed by atoms with E-state index in [0.717, 1.165) is 22.0 Å². The molecule has 2 aromatic carbocycles. The smallest absolute Gasteiger partial charge is 0.162 e. The number of halogens is 2. The molecule has 0 aliphatic heterocycles. The van der Waals surface area contributed by atoms with Crippen LogP contribution in [0.1, 0.15) is 5.56 Å². The molecule has 0 spiro atoms. The zero-order valence-corrected chi connectivity index (χ0v) is 12.2. The normalized spacial score (nSPS) is 10.9. The second kappa shape index (κ2) is 4.93. The van der Waals surface area contributed by atoms with Crippen molar-refractivity contribution >= 4 is 39.9 Å². The van der Waals surface area contributed by atoms with E-state index in [-0.39, 0.29) is 0 Å². The Hall–Kier alpha value is -1.84. The third-order valence-corrected chi connectivity index (χ3v) is 3.84. The molecule has 5 heteroatoms. The van der Waals surface area contributed by atoms with Crippen molar-refractivity contribution in [1.82, 2.24) is 9.97 Å². The summed E-state index contributed by atoms with van der Waals surface area (Å²) in [5, 5.41) is 2.04. The molecule has 0 unspecified atom stereocenters. The molecule has 0 aliphatic carbocycles. The van der Waals surface area contributed by atoms with Crippen molar-refractivity contribution in [2.75, 3.05) is 5.73 Å². The van der Waals surface area contributed by atoms with E-state index in [1.54, 1.807) is 12.1 Å². The molecule has 0 fully saturated rings. The summed E-state index contributed by atoms with van der Waals surface area (Å²) in [6.45, 7) is 1.93. The molecule has 20 heavy (non-hydrogen) atoms. The van der Waals surface area contributed by atoms with Gasteiger partial charge in [-0.3, -0.25) is 0 Å². The molecule has 2 N–H and O–H groups in total. The van der Waals surface area contributed by atoms with Crippen LogP contribution >= 0.6 is 23.2 Å². The minimum absolute atomic E-state index is 0.409. The lowest BCUT2D eigenvalue weighted by molar-refractivity contribution is 1.22. The second-order valence-corrected chi connectivity index (χ2v) is 5.35. The zero-order chi connectivity index (χ0) is 14.3. The molecule has 3 nitrogen and oxygen atoms in total. The lowest BCUT2D eigenvalue weighted by Gasteiger charge is -2.09. The fourth-order valence-electron chi connectivity index (χ4n) is 2.09. The molecule has 0 bridgehead atoms. The fraction of sp³-hybridized carbons (Fsp3) is 0.0667. The first kappa shape index (κ1) is 13.2. The minimum Gasteiger partial charge on any atom is -0.383 e. The van der Waals surface area contributed by atoms with Crippen LogP contribution in [0, 0.1) is 6.92 Å². The average Bonchev–Trinajstić information content (AvgIpc) is 2.42. The Kier molecular flexibility index (Phi) is 3.24. The Morgan fingerprint density at radius 3 is 2.65 bits per heavy atom. The Labute approximate surface area is 126 Å². The molecule has 0 aliphatic rings. The van der Waals surface area contributed by atoms with Crippen LogP contribution in [-0.2, 0) is 0 Å². The fourth-order valence-corrected chi connectivity index (χ4v) is 2.44. The van der Waals surface area contributed by atoms with Gasteiger partial charge in [0.25, 0.3) is 0 Å². The SMILES string of the molecule is Cc1c(Cl)cccc1-c1nc(N)c2cc(Cl)ccc2n1. The van der Waals surface area contributed by atoms with E-state index in [9.17, 15) is 0 Å². The van der Waals surface area contributed by atoms with Crippen LogP contribution in [0.5, 0.6) is 0 Å². The van der Waals surface area contributed by atoms with Gasteiger partial charge in [0.1, 0.15) is 5.82 Å². The van der Waals surface area contributed by atoms with Crippen molar-refractivity contribution in [1.29, 1.82) is 0 Å². The predicted molar refractivity (Wildman–Crippen MR) is 84.1 cm³/mol. The highest BCUT2D eigenvalue weighted by Crippen LogP contribution is 2.29. The van der Waals surface area contributed by atoms with Gasteiger partial charge in [-0.05, 0) is 36.8 Å². The van der Waals surface area contributed by atoms with Gasteiger partial charge in [0, 0.05) is 21.0 Å². The molecule has 0 saturated carbocycles. The third kappa shape index (κ3) is 2.19. The van der Waals surface area contributed by atoms with Crippen LogP contribution in [0.2, 0.25) is 10.0 Å². The van der Waals surface area contributed by atoms with Gasteiger partial charge in [0.05, 0.1) is 5.52 Å². The van der Waals surface area contributed by atoms with Gasteiger partial charge in [-0.25, -0.2) is 9.97 Å². The monoisotopic (exact) mass is 303 g/mol. The number of hydrogen-bond acceptors (Lipinski definition) is 3. The quantitative estimate of drug-likeness (QED) is 0.720. The van der Waals surface area contributed by atoms with Gasteiger partial charge in [-0.15, -0.1) is 0 Å². The minimum atomic E-state index is 0.409. The highest BCUT2D eigenvalue weighted by molar-refractivity contribution is 6.32. The Morgan fingerprint density at radius 1 is 1.05 bits per heavy atom. The molecular formula is C15H11Cl2N3. The molecule has 0 radical (unpaired) electrons. The first-order chi connectivity index (χ1) is 9.56. The number of fused-ring (bicyclic) bond motifs is 1. The lowest BCUT2D eigenvalue weighted by atomic mass is 10.1.